The van der Waals surface area contributed by atoms with Crippen LogP contribution in [0.15, 0.2) is 47.6 Å². The number of nitrogens with one attached hydrogen (secondary N) is 3. The van der Waals surface area contributed by atoms with E-state index < -0.39 is 10.0 Å². The van der Waals surface area contributed by atoms with Gasteiger partial charge in [0.15, 0.2) is 0 Å². The van der Waals surface area contributed by atoms with Crippen molar-refractivity contribution in [1.29, 1.82) is 0 Å². The first-order valence-corrected chi connectivity index (χ1v) is 8.32. The monoisotopic (exact) mass is 350 g/mol. The van der Waals surface area contributed by atoms with Gasteiger partial charge in [0.1, 0.15) is 10.7 Å². The minimum Gasteiger partial charge on any atom is -0.358 e. The van der Waals surface area contributed by atoms with Gasteiger partial charge in [-0.25, -0.2) is 13.4 Å². The summed E-state index contributed by atoms with van der Waals surface area (Å²) in [6.45, 7) is 0. The Bertz CT molecular complexity index is 967. The molecule has 0 unspecified atom stereocenters. The molecule has 2 aromatic heterocycles. The van der Waals surface area contributed by atoms with Gasteiger partial charge in [-0.2, -0.15) is 0 Å². The number of hydrogen-bond acceptors (Lipinski definition) is 4. The van der Waals surface area contributed by atoms with Gasteiger partial charge in [-0.15, -0.1) is 0 Å². The van der Waals surface area contributed by atoms with E-state index >= 15 is 0 Å². The Morgan fingerprint density at radius 3 is 2.74 bits per heavy atom. The second-order valence-corrected chi connectivity index (χ2v) is 6.70. The number of hydrogen-bond donors (Lipinski definition) is 3. The third-order valence-electron chi connectivity index (χ3n) is 3.16. The van der Waals surface area contributed by atoms with E-state index in [1.54, 1.807) is 24.4 Å². The van der Waals surface area contributed by atoms with E-state index in [0.29, 0.717) is 22.6 Å². The zero-order valence-electron chi connectivity index (χ0n) is 11.6. The molecule has 2 heterocycles. The fourth-order valence-electron chi connectivity index (χ4n) is 2.09. The third-order valence-corrected chi connectivity index (χ3v) is 4.83. The Morgan fingerprint density at radius 2 is 2.04 bits per heavy atom. The number of fused-ring (bicyclic) bond motifs is 1. The summed E-state index contributed by atoms with van der Waals surface area (Å²) < 4.78 is 27.4. The first-order valence-electron chi connectivity index (χ1n) is 6.46. The Morgan fingerprint density at radius 1 is 1.22 bits per heavy atom. The Hall–Kier alpha value is -2.58. The van der Waals surface area contributed by atoms with E-state index in [-0.39, 0.29) is 10.7 Å². The summed E-state index contributed by atoms with van der Waals surface area (Å²) in [4.78, 5) is 17.1. The molecule has 3 aromatic rings. The van der Waals surface area contributed by atoms with E-state index in [2.05, 4.69) is 20.0 Å². The molecule has 0 radical (unpaired) electrons. The third kappa shape index (κ3) is 2.99. The highest BCUT2D eigenvalue weighted by Crippen LogP contribution is 2.29. The number of H-pyrrole nitrogens is 1. The molecule has 0 saturated heterocycles. The van der Waals surface area contributed by atoms with Crippen molar-refractivity contribution in [3.8, 4) is 0 Å². The van der Waals surface area contributed by atoms with E-state index in [4.69, 9.17) is 11.6 Å². The van der Waals surface area contributed by atoms with E-state index in [1.807, 2.05) is 0 Å². The Kier molecular flexibility index (Phi) is 3.93. The molecular weight excluding hydrogens is 340 g/mol. The summed E-state index contributed by atoms with van der Waals surface area (Å²) in [6, 6.07) is 7.86. The maximum Gasteiger partial charge on any atom is 0.263 e. The van der Waals surface area contributed by atoms with Crippen LogP contribution in [0.25, 0.3) is 10.9 Å². The van der Waals surface area contributed by atoms with Gasteiger partial charge in [0, 0.05) is 17.8 Å². The minimum absolute atomic E-state index is 0.0244. The van der Waals surface area contributed by atoms with Gasteiger partial charge in [0.05, 0.1) is 16.2 Å². The molecule has 0 aliphatic carbocycles. The molecule has 3 rings (SSSR count). The fourth-order valence-corrected chi connectivity index (χ4v) is 3.32. The highest BCUT2D eigenvalue weighted by atomic mass is 35.5. The summed E-state index contributed by atoms with van der Waals surface area (Å²) in [5.74, 6) is 0.261. The molecule has 118 valence electrons. The summed E-state index contributed by atoms with van der Waals surface area (Å²) in [5, 5.41) is 3.56. The molecule has 7 nitrogen and oxygen atoms in total. The van der Waals surface area contributed by atoms with Crippen LogP contribution in [0.2, 0.25) is 5.02 Å². The molecule has 1 amide bonds. The summed E-state index contributed by atoms with van der Waals surface area (Å²) in [7, 11) is -3.82. The van der Waals surface area contributed by atoms with Gasteiger partial charge < -0.3 is 10.3 Å². The van der Waals surface area contributed by atoms with Gasteiger partial charge >= 0.3 is 0 Å². The smallest absolute Gasteiger partial charge is 0.263 e. The summed E-state index contributed by atoms with van der Waals surface area (Å²) in [5.41, 5.74) is 0.970. The molecule has 0 aliphatic rings. The van der Waals surface area contributed by atoms with Crippen molar-refractivity contribution in [3.63, 3.8) is 0 Å². The number of amides is 1. The lowest BCUT2D eigenvalue weighted by Crippen LogP contribution is -2.13. The summed E-state index contributed by atoms with van der Waals surface area (Å²) in [6.07, 6.45) is 3.21. The van der Waals surface area contributed by atoms with Crippen LogP contribution in [-0.2, 0) is 14.8 Å². The normalized spacial score (nSPS) is 11.3. The SMILES string of the molecule is O=CNc1ccc(S(=O)(=O)Nc2cccc3c(Cl)c[nH]c23)cn1. The Balaban J connectivity index is 1.95. The van der Waals surface area contributed by atoms with Gasteiger partial charge in [-0.3, -0.25) is 9.52 Å². The molecule has 3 N–H and O–H groups in total. The van der Waals surface area contributed by atoms with Crippen molar-refractivity contribution >= 4 is 50.4 Å². The number of rotatable bonds is 5. The van der Waals surface area contributed by atoms with Crippen LogP contribution in [0, 0.1) is 0 Å². The van der Waals surface area contributed by atoms with E-state index in [9.17, 15) is 13.2 Å². The quantitative estimate of drug-likeness (QED) is 0.615. The second-order valence-electron chi connectivity index (χ2n) is 4.61. The van der Waals surface area contributed by atoms with Crippen molar-refractivity contribution in [2.75, 3.05) is 10.0 Å². The van der Waals surface area contributed by atoms with Gasteiger partial charge in [-0.05, 0) is 18.2 Å². The van der Waals surface area contributed by atoms with Crippen LogP contribution in [0.5, 0.6) is 0 Å². The fraction of sp³-hybridized carbons (Fsp3) is 0. The number of aromatic amines is 1. The number of anilines is 2. The molecular formula is C14H11ClN4O3S. The lowest BCUT2D eigenvalue weighted by Gasteiger charge is -2.09. The van der Waals surface area contributed by atoms with E-state index in [0.717, 1.165) is 11.6 Å². The largest absolute Gasteiger partial charge is 0.358 e. The highest BCUT2D eigenvalue weighted by Gasteiger charge is 2.17. The zero-order chi connectivity index (χ0) is 16.4. The highest BCUT2D eigenvalue weighted by molar-refractivity contribution is 7.92. The number of aromatic nitrogens is 2. The number of nitrogens with zero attached hydrogens (tertiary/aromatic N) is 1. The molecule has 0 aliphatic heterocycles. The number of halogens is 1. The lowest BCUT2D eigenvalue weighted by atomic mass is 10.2. The summed E-state index contributed by atoms with van der Waals surface area (Å²) >= 11 is 6.03. The molecule has 0 fully saturated rings. The predicted octanol–water partition coefficient (Wildman–Crippen LogP) is 2.59. The van der Waals surface area contributed by atoms with Gasteiger partial charge in [0.25, 0.3) is 10.0 Å². The van der Waals surface area contributed by atoms with E-state index in [1.165, 1.54) is 12.1 Å². The number of benzene rings is 1. The molecule has 9 heteroatoms. The number of sulfonamides is 1. The van der Waals surface area contributed by atoms with Crippen LogP contribution >= 0.6 is 11.6 Å². The molecule has 0 bridgehead atoms. The zero-order valence-corrected chi connectivity index (χ0v) is 13.1. The lowest BCUT2D eigenvalue weighted by molar-refractivity contribution is -0.105. The van der Waals surface area contributed by atoms with Crippen LogP contribution in [0.1, 0.15) is 0 Å². The van der Waals surface area contributed by atoms with Crippen molar-refractivity contribution in [1.82, 2.24) is 9.97 Å². The van der Waals surface area contributed by atoms with Crippen molar-refractivity contribution < 1.29 is 13.2 Å². The first-order chi connectivity index (χ1) is 11.0. The molecule has 0 saturated carbocycles. The molecule has 0 atom stereocenters. The Labute approximate surface area is 136 Å². The standard InChI is InChI=1S/C14H11ClN4O3S/c15-11-7-17-14-10(11)2-1-3-12(14)19-23(21,22)9-4-5-13(16-6-9)18-8-20/h1-8,17,19H,(H,16,18,20). The minimum atomic E-state index is -3.82. The average Bonchev–Trinajstić information content (AvgIpc) is 2.91. The number of para-hydroxylation sites is 1. The average molecular weight is 351 g/mol. The topological polar surface area (TPSA) is 104 Å². The molecule has 1 aromatic carbocycles. The maximum atomic E-state index is 12.4. The number of carbonyl (C=O) groups excluding carboxylic acids is 1. The van der Waals surface area contributed by atoms with Crippen LogP contribution in [0.4, 0.5) is 11.5 Å². The predicted molar refractivity (Wildman–Crippen MR) is 88.0 cm³/mol. The first kappa shape index (κ1) is 15.3. The molecule has 23 heavy (non-hydrogen) atoms. The molecule has 0 spiro atoms. The van der Waals surface area contributed by atoms with Crippen LogP contribution in [0.3, 0.4) is 0 Å². The second kappa shape index (κ2) is 5.90. The maximum absolute atomic E-state index is 12.4. The number of pyridine rings is 1. The van der Waals surface area contributed by atoms with Crippen molar-refractivity contribution in [2.45, 2.75) is 4.90 Å². The van der Waals surface area contributed by atoms with Crippen molar-refractivity contribution in [3.05, 3.63) is 47.7 Å². The number of carbonyl (C=O) groups is 1. The van der Waals surface area contributed by atoms with Crippen LogP contribution in [-0.4, -0.2) is 24.8 Å². The van der Waals surface area contributed by atoms with Gasteiger partial charge in [0.2, 0.25) is 6.41 Å². The van der Waals surface area contributed by atoms with Gasteiger partial charge in [-0.1, -0.05) is 23.7 Å². The van der Waals surface area contributed by atoms with Crippen LogP contribution < -0.4 is 10.0 Å². The van der Waals surface area contributed by atoms with Crippen molar-refractivity contribution in [2.24, 2.45) is 0 Å².